The van der Waals surface area contributed by atoms with Crippen molar-refractivity contribution in [3.8, 4) is 11.3 Å². The summed E-state index contributed by atoms with van der Waals surface area (Å²) in [6, 6.07) is 15.7. The number of aromatic nitrogens is 2. The second-order valence-electron chi connectivity index (χ2n) is 5.78. The number of benzene rings is 2. The Balaban J connectivity index is 1.91. The Morgan fingerprint density at radius 1 is 1.08 bits per heavy atom. The van der Waals surface area contributed by atoms with Crippen LogP contribution in [0.3, 0.4) is 0 Å². The van der Waals surface area contributed by atoms with E-state index in [1.165, 1.54) is 0 Å². The topological polar surface area (TPSA) is 57.8 Å². The van der Waals surface area contributed by atoms with Crippen LogP contribution in [0, 0.1) is 6.92 Å². The Kier molecular flexibility index (Phi) is 4.79. The highest BCUT2D eigenvalue weighted by molar-refractivity contribution is 5.98. The molecule has 3 aromatic rings. The third-order valence-electron chi connectivity index (χ3n) is 3.95. The van der Waals surface area contributed by atoms with Crippen LogP contribution in [0.15, 0.2) is 54.6 Å². The summed E-state index contributed by atoms with van der Waals surface area (Å²) in [5, 5.41) is 2.65. The van der Waals surface area contributed by atoms with E-state index in [0.717, 1.165) is 11.1 Å². The first-order chi connectivity index (χ1) is 12.4. The number of nitrogens with zero attached hydrogens (tertiary/aromatic N) is 1. The number of H-pyrrole nitrogens is 1. The SMILES string of the molecule is Cc1ccccc1CNC(=O)c1[nH]c(C(F)(F)F)nc1-c1ccccc1. The van der Waals surface area contributed by atoms with Gasteiger partial charge in [-0.15, -0.1) is 0 Å². The molecule has 2 aromatic carbocycles. The van der Waals surface area contributed by atoms with Crippen LogP contribution in [0.25, 0.3) is 11.3 Å². The molecule has 1 amide bonds. The fourth-order valence-electron chi connectivity index (χ4n) is 2.55. The van der Waals surface area contributed by atoms with Gasteiger partial charge >= 0.3 is 6.18 Å². The minimum atomic E-state index is -4.67. The lowest BCUT2D eigenvalue weighted by atomic mass is 10.1. The molecule has 0 aliphatic heterocycles. The summed E-state index contributed by atoms with van der Waals surface area (Å²) in [6.07, 6.45) is -4.67. The summed E-state index contributed by atoms with van der Waals surface area (Å²) in [5.74, 6) is -1.84. The summed E-state index contributed by atoms with van der Waals surface area (Å²) < 4.78 is 39.1. The molecule has 0 unspecified atom stereocenters. The molecule has 0 aliphatic rings. The van der Waals surface area contributed by atoms with Crippen molar-refractivity contribution >= 4 is 5.91 Å². The number of imidazole rings is 1. The quantitative estimate of drug-likeness (QED) is 0.728. The monoisotopic (exact) mass is 359 g/mol. The first-order valence-corrected chi connectivity index (χ1v) is 7.91. The van der Waals surface area contributed by atoms with Gasteiger partial charge in [0.15, 0.2) is 0 Å². The number of aromatic amines is 1. The molecular weight excluding hydrogens is 343 g/mol. The number of hydrogen-bond acceptors (Lipinski definition) is 2. The maximum absolute atomic E-state index is 13.0. The highest BCUT2D eigenvalue weighted by atomic mass is 19.4. The second-order valence-corrected chi connectivity index (χ2v) is 5.78. The average Bonchev–Trinajstić information content (AvgIpc) is 3.07. The highest BCUT2D eigenvalue weighted by Crippen LogP contribution is 2.31. The molecule has 134 valence electrons. The fourth-order valence-corrected chi connectivity index (χ4v) is 2.55. The number of rotatable bonds is 4. The largest absolute Gasteiger partial charge is 0.449 e. The van der Waals surface area contributed by atoms with Crippen molar-refractivity contribution in [1.82, 2.24) is 15.3 Å². The lowest BCUT2D eigenvalue weighted by Crippen LogP contribution is -2.24. The summed E-state index contributed by atoms with van der Waals surface area (Å²) in [5.41, 5.74) is 2.06. The molecule has 0 spiro atoms. The van der Waals surface area contributed by atoms with Crippen molar-refractivity contribution in [2.24, 2.45) is 0 Å². The summed E-state index contributed by atoms with van der Waals surface area (Å²) in [4.78, 5) is 18.2. The van der Waals surface area contributed by atoms with Gasteiger partial charge < -0.3 is 10.3 Å². The zero-order valence-electron chi connectivity index (χ0n) is 13.9. The van der Waals surface area contributed by atoms with E-state index in [0.29, 0.717) is 5.56 Å². The molecule has 4 nitrogen and oxygen atoms in total. The predicted octanol–water partition coefficient (Wildman–Crippen LogP) is 4.33. The zero-order valence-corrected chi connectivity index (χ0v) is 13.9. The standard InChI is InChI=1S/C19H16F3N3O/c1-12-7-5-6-10-14(12)11-23-17(26)16-15(13-8-3-2-4-9-13)24-18(25-16)19(20,21)22/h2-10H,11H2,1H3,(H,23,26)(H,24,25). The maximum Gasteiger partial charge on any atom is 0.449 e. The molecule has 0 aliphatic carbocycles. The fraction of sp³-hybridized carbons (Fsp3) is 0.158. The van der Waals surface area contributed by atoms with Gasteiger partial charge in [0, 0.05) is 12.1 Å². The summed E-state index contributed by atoms with van der Waals surface area (Å²) in [7, 11) is 0. The van der Waals surface area contributed by atoms with Gasteiger partial charge in [0.1, 0.15) is 11.4 Å². The Morgan fingerprint density at radius 3 is 2.38 bits per heavy atom. The minimum absolute atomic E-state index is 0.0276. The van der Waals surface area contributed by atoms with Gasteiger partial charge in [0.05, 0.1) is 0 Å². The summed E-state index contributed by atoms with van der Waals surface area (Å²) >= 11 is 0. The number of aryl methyl sites for hydroxylation is 1. The third-order valence-corrected chi connectivity index (χ3v) is 3.95. The van der Waals surface area contributed by atoms with E-state index < -0.39 is 17.9 Å². The summed E-state index contributed by atoms with van der Waals surface area (Å²) in [6.45, 7) is 2.11. The number of nitrogens with one attached hydrogen (secondary N) is 2. The van der Waals surface area contributed by atoms with Crippen molar-refractivity contribution in [2.45, 2.75) is 19.6 Å². The Hall–Kier alpha value is -3.09. The van der Waals surface area contributed by atoms with Crippen LogP contribution in [0.2, 0.25) is 0 Å². The second kappa shape index (κ2) is 7.03. The Bertz CT molecular complexity index is 917. The molecule has 0 fully saturated rings. The van der Waals surface area contributed by atoms with E-state index in [2.05, 4.69) is 15.3 Å². The van der Waals surface area contributed by atoms with Crippen LogP contribution in [0.5, 0.6) is 0 Å². The van der Waals surface area contributed by atoms with Crippen LogP contribution < -0.4 is 5.32 Å². The van der Waals surface area contributed by atoms with E-state index >= 15 is 0 Å². The molecule has 3 rings (SSSR count). The van der Waals surface area contributed by atoms with E-state index in [1.54, 1.807) is 30.3 Å². The zero-order chi connectivity index (χ0) is 18.7. The molecule has 26 heavy (non-hydrogen) atoms. The van der Waals surface area contributed by atoms with E-state index in [4.69, 9.17) is 0 Å². The van der Waals surface area contributed by atoms with Gasteiger partial charge in [-0.2, -0.15) is 13.2 Å². The van der Waals surface area contributed by atoms with Gasteiger partial charge in [-0.25, -0.2) is 4.98 Å². The number of amides is 1. The van der Waals surface area contributed by atoms with E-state index in [9.17, 15) is 18.0 Å². The van der Waals surface area contributed by atoms with Crippen molar-refractivity contribution < 1.29 is 18.0 Å². The van der Waals surface area contributed by atoms with Gasteiger partial charge in [0.2, 0.25) is 5.82 Å². The lowest BCUT2D eigenvalue weighted by Gasteiger charge is -2.08. The van der Waals surface area contributed by atoms with Crippen LogP contribution in [-0.2, 0) is 12.7 Å². The normalized spacial score (nSPS) is 11.4. The molecule has 7 heteroatoms. The first-order valence-electron chi connectivity index (χ1n) is 7.91. The van der Waals surface area contributed by atoms with Crippen molar-refractivity contribution in [3.05, 3.63) is 77.2 Å². The minimum Gasteiger partial charge on any atom is -0.347 e. The smallest absolute Gasteiger partial charge is 0.347 e. The van der Waals surface area contributed by atoms with Crippen LogP contribution in [0.4, 0.5) is 13.2 Å². The lowest BCUT2D eigenvalue weighted by molar-refractivity contribution is -0.144. The van der Waals surface area contributed by atoms with E-state index in [1.807, 2.05) is 31.2 Å². The molecule has 0 saturated heterocycles. The van der Waals surface area contributed by atoms with E-state index in [-0.39, 0.29) is 17.9 Å². The van der Waals surface area contributed by atoms with Crippen LogP contribution in [0.1, 0.15) is 27.4 Å². The third kappa shape index (κ3) is 3.77. The van der Waals surface area contributed by atoms with Gasteiger partial charge in [-0.3, -0.25) is 4.79 Å². The number of carbonyl (C=O) groups excluding carboxylic acids is 1. The average molecular weight is 359 g/mol. The molecule has 2 N–H and O–H groups in total. The van der Waals surface area contributed by atoms with Gasteiger partial charge in [-0.05, 0) is 18.1 Å². The van der Waals surface area contributed by atoms with Gasteiger partial charge in [0.25, 0.3) is 5.91 Å². The molecule has 0 bridgehead atoms. The molecule has 0 atom stereocenters. The first kappa shape index (κ1) is 17.7. The highest BCUT2D eigenvalue weighted by Gasteiger charge is 2.37. The molecule has 0 radical (unpaired) electrons. The maximum atomic E-state index is 13.0. The molecule has 1 aromatic heterocycles. The van der Waals surface area contributed by atoms with Crippen LogP contribution >= 0.6 is 0 Å². The Morgan fingerprint density at radius 2 is 1.73 bits per heavy atom. The van der Waals surface area contributed by atoms with Gasteiger partial charge in [-0.1, -0.05) is 54.6 Å². The number of alkyl halides is 3. The van der Waals surface area contributed by atoms with Crippen molar-refractivity contribution in [3.63, 3.8) is 0 Å². The van der Waals surface area contributed by atoms with Crippen molar-refractivity contribution in [2.75, 3.05) is 0 Å². The molecule has 1 heterocycles. The predicted molar refractivity (Wildman–Crippen MR) is 91.4 cm³/mol. The number of hydrogen-bond donors (Lipinski definition) is 2. The Labute approximate surface area is 148 Å². The number of carbonyl (C=O) groups is 1. The molecule has 0 saturated carbocycles. The number of halogens is 3. The van der Waals surface area contributed by atoms with Crippen molar-refractivity contribution in [1.29, 1.82) is 0 Å². The molecular formula is C19H16F3N3O. The van der Waals surface area contributed by atoms with Crippen LogP contribution in [-0.4, -0.2) is 15.9 Å².